The summed E-state index contributed by atoms with van der Waals surface area (Å²) in [5, 5.41) is 11.2. The Kier molecular flexibility index (Phi) is 3.82. The van der Waals surface area contributed by atoms with Crippen LogP contribution >= 0.6 is 23.2 Å². The molecule has 3 aromatic rings. The summed E-state index contributed by atoms with van der Waals surface area (Å²) in [5.41, 5.74) is 0.383. The van der Waals surface area contributed by atoms with E-state index < -0.39 is 11.5 Å². The maximum Gasteiger partial charge on any atom is 0.293 e. The van der Waals surface area contributed by atoms with Gasteiger partial charge in [-0.05, 0) is 24.3 Å². The van der Waals surface area contributed by atoms with Crippen molar-refractivity contribution in [3.05, 3.63) is 57.2 Å². The predicted molar refractivity (Wildman–Crippen MR) is 82.3 cm³/mol. The third-order valence-electron chi connectivity index (χ3n) is 2.86. The summed E-state index contributed by atoms with van der Waals surface area (Å²) < 4.78 is 2.39. The van der Waals surface area contributed by atoms with Gasteiger partial charge in [-0.3, -0.25) is 9.59 Å². The molecule has 9 heteroatoms. The third kappa shape index (κ3) is 2.95. The van der Waals surface area contributed by atoms with Gasteiger partial charge in [0.15, 0.2) is 0 Å². The second kappa shape index (κ2) is 5.78. The summed E-state index contributed by atoms with van der Waals surface area (Å²) in [4.78, 5) is 24.1. The summed E-state index contributed by atoms with van der Waals surface area (Å²) in [6.07, 6.45) is 2.84. The number of carbonyl (C=O) groups is 1. The lowest BCUT2D eigenvalue weighted by atomic mass is 10.3. The van der Waals surface area contributed by atoms with Gasteiger partial charge >= 0.3 is 0 Å². The predicted octanol–water partition coefficient (Wildman–Crippen LogP) is 1.84. The molecule has 0 aliphatic carbocycles. The van der Waals surface area contributed by atoms with Crippen LogP contribution in [0, 0.1) is 0 Å². The monoisotopic (exact) mass is 337 g/mol. The van der Waals surface area contributed by atoms with E-state index in [1.807, 2.05) is 0 Å². The van der Waals surface area contributed by atoms with Crippen LogP contribution in [0.25, 0.3) is 5.52 Å². The Labute approximate surface area is 134 Å². The summed E-state index contributed by atoms with van der Waals surface area (Å²) in [7, 11) is 0. The zero-order valence-corrected chi connectivity index (χ0v) is 12.5. The highest BCUT2D eigenvalue weighted by Gasteiger charge is 2.10. The Morgan fingerprint density at radius 3 is 2.64 bits per heavy atom. The number of fused-ring (bicyclic) bond motifs is 1. The standard InChI is InChI=1S/C13H9Cl2N5O2/c14-8-3-9(15)5-10(4-8)18-12(21)6-19-13(22)11-1-2-16-20(11)7-17-19/h1-5,7H,6H2,(H,18,21). The van der Waals surface area contributed by atoms with Gasteiger partial charge < -0.3 is 5.32 Å². The average molecular weight is 338 g/mol. The van der Waals surface area contributed by atoms with E-state index in [-0.39, 0.29) is 6.54 Å². The van der Waals surface area contributed by atoms with Gasteiger partial charge in [0.25, 0.3) is 5.56 Å². The molecule has 7 nitrogen and oxygen atoms in total. The molecule has 0 atom stereocenters. The van der Waals surface area contributed by atoms with Crippen LogP contribution in [0.5, 0.6) is 0 Å². The van der Waals surface area contributed by atoms with Crippen molar-refractivity contribution in [1.29, 1.82) is 0 Å². The SMILES string of the molecule is O=C(Cn1ncn2nccc2c1=O)Nc1cc(Cl)cc(Cl)c1. The fraction of sp³-hybridized carbons (Fsp3) is 0.0769. The normalized spacial score (nSPS) is 10.8. The van der Waals surface area contributed by atoms with Crippen LogP contribution in [0.15, 0.2) is 41.6 Å². The molecule has 0 aliphatic rings. The minimum atomic E-state index is -0.420. The molecule has 0 spiro atoms. The second-order valence-corrected chi connectivity index (χ2v) is 5.33. The van der Waals surface area contributed by atoms with Crippen LogP contribution in [0.1, 0.15) is 0 Å². The Hall–Kier alpha value is -2.38. The van der Waals surface area contributed by atoms with E-state index in [4.69, 9.17) is 23.2 Å². The first-order valence-electron chi connectivity index (χ1n) is 6.18. The topological polar surface area (TPSA) is 81.3 Å². The van der Waals surface area contributed by atoms with Crippen molar-refractivity contribution in [3.8, 4) is 0 Å². The molecule has 0 saturated heterocycles. The van der Waals surface area contributed by atoms with Gasteiger partial charge in [-0.1, -0.05) is 23.2 Å². The van der Waals surface area contributed by atoms with E-state index in [0.717, 1.165) is 4.68 Å². The lowest BCUT2D eigenvalue weighted by molar-refractivity contribution is -0.117. The summed E-state index contributed by atoms with van der Waals surface area (Å²) >= 11 is 11.7. The molecule has 0 unspecified atom stereocenters. The molecule has 0 bridgehead atoms. The number of benzene rings is 1. The number of rotatable bonds is 3. The minimum Gasteiger partial charge on any atom is -0.324 e. The first-order chi connectivity index (χ1) is 10.5. The Bertz CT molecular complexity index is 898. The zero-order valence-electron chi connectivity index (χ0n) is 11.0. The molecule has 2 heterocycles. The van der Waals surface area contributed by atoms with Gasteiger partial charge in [0.05, 0.1) is 6.20 Å². The molecule has 2 aromatic heterocycles. The van der Waals surface area contributed by atoms with E-state index in [1.54, 1.807) is 24.3 Å². The number of amides is 1. The molecule has 0 saturated carbocycles. The van der Waals surface area contributed by atoms with Crippen LogP contribution < -0.4 is 10.9 Å². The number of hydrogen-bond acceptors (Lipinski definition) is 4. The summed E-state index contributed by atoms with van der Waals surface area (Å²) in [6.45, 7) is -0.232. The molecule has 3 rings (SSSR count). The van der Waals surface area contributed by atoms with Gasteiger partial charge in [-0.25, -0.2) is 9.20 Å². The molecular weight excluding hydrogens is 329 g/mol. The third-order valence-corrected chi connectivity index (χ3v) is 3.30. The van der Waals surface area contributed by atoms with E-state index in [9.17, 15) is 9.59 Å². The fourth-order valence-electron chi connectivity index (χ4n) is 1.95. The molecular formula is C13H9Cl2N5O2. The highest BCUT2D eigenvalue weighted by atomic mass is 35.5. The highest BCUT2D eigenvalue weighted by molar-refractivity contribution is 6.35. The highest BCUT2D eigenvalue weighted by Crippen LogP contribution is 2.22. The molecule has 0 fully saturated rings. The molecule has 1 N–H and O–H groups in total. The van der Waals surface area contributed by atoms with Crippen molar-refractivity contribution in [1.82, 2.24) is 19.4 Å². The lowest BCUT2D eigenvalue weighted by Crippen LogP contribution is -2.30. The van der Waals surface area contributed by atoms with Gasteiger partial charge in [0.2, 0.25) is 5.91 Å². The molecule has 0 aliphatic heterocycles. The van der Waals surface area contributed by atoms with Crippen LogP contribution in [0.3, 0.4) is 0 Å². The first kappa shape index (κ1) is 14.6. The van der Waals surface area contributed by atoms with E-state index >= 15 is 0 Å². The molecule has 22 heavy (non-hydrogen) atoms. The maximum atomic E-state index is 12.1. The number of nitrogens with zero attached hydrogens (tertiary/aromatic N) is 4. The Morgan fingerprint density at radius 2 is 1.91 bits per heavy atom. The van der Waals surface area contributed by atoms with Crippen molar-refractivity contribution < 1.29 is 4.79 Å². The van der Waals surface area contributed by atoms with Gasteiger partial charge in [-0.15, -0.1) is 0 Å². The first-order valence-corrected chi connectivity index (χ1v) is 6.94. The summed E-state index contributed by atoms with van der Waals surface area (Å²) in [5.74, 6) is -0.420. The Morgan fingerprint density at radius 1 is 1.18 bits per heavy atom. The van der Waals surface area contributed by atoms with Crippen molar-refractivity contribution >= 4 is 40.3 Å². The molecule has 112 valence electrons. The molecule has 1 amide bonds. The molecule has 1 aromatic carbocycles. The van der Waals surface area contributed by atoms with Crippen LogP contribution in [-0.2, 0) is 11.3 Å². The molecule has 0 radical (unpaired) electrons. The van der Waals surface area contributed by atoms with Crippen molar-refractivity contribution in [2.24, 2.45) is 0 Å². The van der Waals surface area contributed by atoms with Crippen molar-refractivity contribution in [2.75, 3.05) is 5.32 Å². The van der Waals surface area contributed by atoms with Gasteiger partial charge in [0, 0.05) is 15.7 Å². The van der Waals surface area contributed by atoms with Gasteiger partial charge in [-0.2, -0.15) is 10.2 Å². The van der Waals surface area contributed by atoms with Crippen molar-refractivity contribution in [2.45, 2.75) is 6.54 Å². The number of hydrogen-bond donors (Lipinski definition) is 1. The second-order valence-electron chi connectivity index (χ2n) is 4.46. The fourth-order valence-corrected chi connectivity index (χ4v) is 2.47. The van der Waals surface area contributed by atoms with Crippen molar-refractivity contribution in [3.63, 3.8) is 0 Å². The maximum absolute atomic E-state index is 12.1. The zero-order chi connectivity index (χ0) is 15.7. The van der Waals surface area contributed by atoms with Crippen LogP contribution in [0.4, 0.5) is 5.69 Å². The van der Waals surface area contributed by atoms with E-state index in [1.165, 1.54) is 17.0 Å². The number of halogens is 2. The quantitative estimate of drug-likeness (QED) is 0.790. The largest absolute Gasteiger partial charge is 0.324 e. The lowest BCUT2D eigenvalue weighted by Gasteiger charge is -2.07. The van der Waals surface area contributed by atoms with Gasteiger partial charge in [0.1, 0.15) is 18.4 Å². The number of anilines is 1. The van der Waals surface area contributed by atoms with E-state index in [2.05, 4.69) is 15.5 Å². The number of nitrogens with one attached hydrogen (secondary N) is 1. The van der Waals surface area contributed by atoms with Crippen LogP contribution in [0.2, 0.25) is 10.0 Å². The summed E-state index contributed by atoms with van der Waals surface area (Å²) in [6, 6.07) is 6.22. The smallest absolute Gasteiger partial charge is 0.293 e. The van der Waals surface area contributed by atoms with E-state index in [0.29, 0.717) is 21.2 Å². The number of carbonyl (C=O) groups excluding carboxylic acids is 1. The minimum absolute atomic E-state index is 0.232. The average Bonchev–Trinajstić information content (AvgIpc) is 2.90. The Balaban J connectivity index is 1.81. The number of aromatic nitrogens is 4. The van der Waals surface area contributed by atoms with Crippen LogP contribution in [-0.4, -0.2) is 25.3 Å².